The number of hydrogen-bond acceptors (Lipinski definition) is 2. The van der Waals surface area contributed by atoms with Crippen LogP contribution in [0.2, 0.25) is 0 Å². The van der Waals surface area contributed by atoms with Gasteiger partial charge in [0.15, 0.2) is 0 Å². The molecule has 1 saturated carbocycles. The minimum absolute atomic E-state index is 0.00352. The standard InChI is InChI=1S/C13H14O2/c14-12-13(10-5-2-1-3-6-10)8-4-7-11(13)9-15-12/h1-3,5-6,11H,4,7-9H2/t11-,13+/m0/s1. The van der Waals surface area contributed by atoms with Gasteiger partial charge >= 0.3 is 5.97 Å². The maximum atomic E-state index is 12.0. The van der Waals surface area contributed by atoms with Crippen LogP contribution in [-0.4, -0.2) is 12.6 Å². The van der Waals surface area contributed by atoms with Gasteiger partial charge in [0.2, 0.25) is 0 Å². The number of ether oxygens (including phenoxy) is 1. The minimum Gasteiger partial charge on any atom is -0.465 e. The first-order valence-corrected chi connectivity index (χ1v) is 5.57. The van der Waals surface area contributed by atoms with Crippen LogP contribution in [0.15, 0.2) is 30.3 Å². The Balaban J connectivity index is 2.11. The number of benzene rings is 1. The van der Waals surface area contributed by atoms with Gasteiger partial charge in [0, 0.05) is 5.92 Å². The number of rotatable bonds is 1. The zero-order valence-electron chi connectivity index (χ0n) is 8.61. The first-order valence-electron chi connectivity index (χ1n) is 5.57. The molecule has 1 aromatic carbocycles. The zero-order chi connectivity index (χ0) is 10.3. The molecule has 1 aromatic rings. The Bertz CT molecular complexity index is 385. The maximum absolute atomic E-state index is 12.0. The number of carbonyl (C=O) groups excluding carboxylic acids is 1. The van der Waals surface area contributed by atoms with Gasteiger partial charge in [-0.15, -0.1) is 0 Å². The molecule has 0 aromatic heterocycles. The van der Waals surface area contributed by atoms with Gasteiger partial charge in [-0.05, 0) is 18.4 Å². The molecule has 3 rings (SSSR count). The second-order valence-electron chi connectivity index (χ2n) is 4.52. The van der Waals surface area contributed by atoms with E-state index in [1.54, 1.807) is 0 Å². The molecule has 78 valence electrons. The fourth-order valence-corrected chi connectivity index (χ4v) is 3.11. The SMILES string of the molecule is O=C1OC[C@@H]2CCC[C@]12c1ccccc1. The third kappa shape index (κ3) is 1.08. The number of carbonyl (C=O) groups is 1. The van der Waals surface area contributed by atoms with Crippen LogP contribution in [0.4, 0.5) is 0 Å². The average molecular weight is 202 g/mol. The Morgan fingerprint density at radius 2 is 2.07 bits per heavy atom. The topological polar surface area (TPSA) is 26.3 Å². The highest BCUT2D eigenvalue weighted by molar-refractivity contribution is 5.86. The van der Waals surface area contributed by atoms with Crippen molar-refractivity contribution in [3.8, 4) is 0 Å². The van der Waals surface area contributed by atoms with Crippen LogP contribution in [0, 0.1) is 5.92 Å². The summed E-state index contributed by atoms with van der Waals surface area (Å²) < 4.78 is 5.24. The lowest BCUT2D eigenvalue weighted by Gasteiger charge is -2.24. The van der Waals surface area contributed by atoms with Crippen molar-refractivity contribution in [2.45, 2.75) is 24.7 Å². The molecule has 0 N–H and O–H groups in total. The second-order valence-corrected chi connectivity index (χ2v) is 4.52. The lowest BCUT2D eigenvalue weighted by atomic mass is 9.74. The summed E-state index contributed by atoms with van der Waals surface area (Å²) in [6.45, 7) is 0.619. The summed E-state index contributed by atoms with van der Waals surface area (Å²) in [5.74, 6) is 0.406. The number of fused-ring (bicyclic) bond motifs is 1. The summed E-state index contributed by atoms with van der Waals surface area (Å²) in [4.78, 5) is 12.0. The van der Waals surface area contributed by atoms with E-state index in [4.69, 9.17) is 4.74 Å². The monoisotopic (exact) mass is 202 g/mol. The molecular formula is C13H14O2. The Kier molecular flexibility index (Phi) is 1.84. The lowest BCUT2D eigenvalue weighted by Crippen LogP contribution is -2.33. The molecule has 0 bridgehead atoms. The summed E-state index contributed by atoms with van der Waals surface area (Å²) in [5, 5.41) is 0. The highest BCUT2D eigenvalue weighted by Gasteiger charge is 2.55. The number of cyclic esters (lactones) is 1. The summed E-state index contributed by atoms with van der Waals surface area (Å²) in [7, 11) is 0. The van der Waals surface area contributed by atoms with Crippen molar-refractivity contribution in [2.75, 3.05) is 6.61 Å². The van der Waals surface area contributed by atoms with Gasteiger partial charge in [-0.2, -0.15) is 0 Å². The molecule has 2 nitrogen and oxygen atoms in total. The van der Waals surface area contributed by atoms with Gasteiger partial charge < -0.3 is 4.74 Å². The molecule has 2 atom stereocenters. The molecule has 2 fully saturated rings. The first kappa shape index (κ1) is 8.96. The normalized spacial score (nSPS) is 33.9. The van der Waals surface area contributed by atoms with E-state index in [1.807, 2.05) is 18.2 Å². The van der Waals surface area contributed by atoms with E-state index in [0.29, 0.717) is 12.5 Å². The molecule has 2 heteroatoms. The smallest absolute Gasteiger partial charge is 0.316 e. The third-order valence-electron chi connectivity index (χ3n) is 3.89. The quantitative estimate of drug-likeness (QED) is 0.653. The molecule has 0 amide bonds. The summed E-state index contributed by atoms with van der Waals surface area (Å²) in [6.07, 6.45) is 3.23. The van der Waals surface area contributed by atoms with Gasteiger partial charge in [-0.3, -0.25) is 4.79 Å². The van der Waals surface area contributed by atoms with Crippen molar-refractivity contribution in [3.63, 3.8) is 0 Å². The predicted octanol–water partition coefficient (Wildman–Crippen LogP) is 2.28. The van der Waals surface area contributed by atoms with Crippen LogP contribution in [0.3, 0.4) is 0 Å². The highest BCUT2D eigenvalue weighted by atomic mass is 16.5. The van der Waals surface area contributed by atoms with Gasteiger partial charge in [-0.1, -0.05) is 36.8 Å². The Labute approximate surface area is 89.2 Å². The molecule has 2 aliphatic rings. The van der Waals surface area contributed by atoms with E-state index >= 15 is 0 Å². The van der Waals surface area contributed by atoms with Crippen LogP contribution >= 0.6 is 0 Å². The minimum atomic E-state index is -0.304. The van der Waals surface area contributed by atoms with Crippen molar-refractivity contribution in [2.24, 2.45) is 5.92 Å². The average Bonchev–Trinajstić information content (AvgIpc) is 2.82. The van der Waals surface area contributed by atoms with Gasteiger partial charge in [0.05, 0.1) is 12.0 Å². The fourth-order valence-electron chi connectivity index (χ4n) is 3.11. The van der Waals surface area contributed by atoms with Crippen molar-refractivity contribution in [3.05, 3.63) is 35.9 Å². The van der Waals surface area contributed by atoms with E-state index in [9.17, 15) is 4.79 Å². The van der Waals surface area contributed by atoms with Crippen molar-refractivity contribution < 1.29 is 9.53 Å². The summed E-state index contributed by atoms with van der Waals surface area (Å²) in [6, 6.07) is 10.1. The van der Waals surface area contributed by atoms with Gasteiger partial charge in [0.1, 0.15) is 0 Å². The molecular weight excluding hydrogens is 188 g/mol. The van der Waals surface area contributed by atoms with Crippen LogP contribution in [0.25, 0.3) is 0 Å². The molecule has 1 aliphatic carbocycles. The number of hydrogen-bond donors (Lipinski definition) is 0. The highest BCUT2D eigenvalue weighted by Crippen LogP contribution is 2.50. The molecule has 1 heterocycles. The predicted molar refractivity (Wildman–Crippen MR) is 56.4 cm³/mol. The zero-order valence-corrected chi connectivity index (χ0v) is 8.61. The van der Waals surface area contributed by atoms with Gasteiger partial charge in [0.25, 0.3) is 0 Å². The largest absolute Gasteiger partial charge is 0.465 e. The molecule has 0 radical (unpaired) electrons. The molecule has 1 saturated heterocycles. The van der Waals surface area contributed by atoms with Crippen molar-refractivity contribution >= 4 is 5.97 Å². The van der Waals surface area contributed by atoms with Crippen molar-refractivity contribution in [1.82, 2.24) is 0 Å². The Hall–Kier alpha value is -1.31. The van der Waals surface area contributed by atoms with Gasteiger partial charge in [-0.25, -0.2) is 0 Å². The van der Waals surface area contributed by atoms with Crippen LogP contribution in [-0.2, 0) is 14.9 Å². The molecule has 15 heavy (non-hydrogen) atoms. The second kappa shape index (κ2) is 3.09. The Morgan fingerprint density at radius 3 is 2.87 bits per heavy atom. The van der Waals surface area contributed by atoms with Crippen LogP contribution in [0.1, 0.15) is 24.8 Å². The summed E-state index contributed by atoms with van der Waals surface area (Å²) in [5.41, 5.74) is 0.844. The van der Waals surface area contributed by atoms with Crippen molar-refractivity contribution in [1.29, 1.82) is 0 Å². The molecule has 0 spiro atoms. The third-order valence-corrected chi connectivity index (χ3v) is 3.89. The first-order chi connectivity index (χ1) is 7.34. The van der Waals surface area contributed by atoms with E-state index in [1.165, 1.54) is 0 Å². The lowest BCUT2D eigenvalue weighted by molar-refractivity contribution is -0.142. The van der Waals surface area contributed by atoms with E-state index in [0.717, 1.165) is 24.8 Å². The number of esters is 1. The summed E-state index contributed by atoms with van der Waals surface area (Å²) >= 11 is 0. The van der Waals surface area contributed by atoms with Crippen LogP contribution < -0.4 is 0 Å². The fraction of sp³-hybridized carbons (Fsp3) is 0.462. The molecule has 0 unspecified atom stereocenters. The maximum Gasteiger partial charge on any atom is 0.316 e. The van der Waals surface area contributed by atoms with E-state index in [-0.39, 0.29) is 11.4 Å². The Morgan fingerprint density at radius 1 is 1.27 bits per heavy atom. The van der Waals surface area contributed by atoms with Crippen LogP contribution in [0.5, 0.6) is 0 Å². The van der Waals surface area contributed by atoms with E-state index < -0.39 is 0 Å². The van der Waals surface area contributed by atoms with E-state index in [2.05, 4.69) is 12.1 Å². The molecule has 1 aliphatic heterocycles.